The summed E-state index contributed by atoms with van der Waals surface area (Å²) in [4.78, 5) is 13.4. The van der Waals surface area contributed by atoms with Crippen LogP contribution >= 0.6 is 11.6 Å². The van der Waals surface area contributed by atoms with Crippen molar-refractivity contribution >= 4 is 29.1 Å². The van der Waals surface area contributed by atoms with Gasteiger partial charge in [-0.3, -0.25) is 4.98 Å². The van der Waals surface area contributed by atoms with Gasteiger partial charge in [-0.25, -0.2) is 4.98 Å². The van der Waals surface area contributed by atoms with E-state index >= 15 is 0 Å². The molecule has 6 nitrogen and oxygen atoms in total. The van der Waals surface area contributed by atoms with Crippen molar-refractivity contribution in [3.05, 3.63) is 53.7 Å². The number of rotatable bonds is 4. The minimum Gasteiger partial charge on any atom is -0.506 e. The van der Waals surface area contributed by atoms with Crippen LogP contribution in [0.5, 0.6) is 5.75 Å². The number of phenolic OH excluding ortho intramolecular Hbond substituents is 1. The van der Waals surface area contributed by atoms with E-state index in [1.165, 1.54) is 6.07 Å². The summed E-state index contributed by atoms with van der Waals surface area (Å²) in [5.41, 5.74) is 1.64. The zero-order chi connectivity index (χ0) is 18.7. The van der Waals surface area contributed by atoms with E-state index in [-0.39, 0.29) is 11.3 Å². The van der Waals surface area contributed by atoms with Crippen molar-refractivity contribution in [3.8, 4) is 17.1 Å². The molecule has 0 aliphatic heterocycles. The van der Waals surface area contributed by atoms with Crippen LogP contribution in [0.25, 0.3) is 11.4 Å². The first-order valence-electron chi connectivity index (χ1n) is 8.14. The van der Waals surface area contributed by atoms with E-state index in [0.717, 1.165) is 5.69 Å². The molecule has 0 fully saturated rings. The highest BCUT2D eigenvalue weighted by Crippen LogP contribution is 2.30. The molecule has 0 bridgehead atoms. The molecule has 0 saturated carbocycles. The fourth-order valence-electron chi connectivity index (χ4n) is 2.29. The number of nitrogens with zero attached hydrogens (tertiary/aromatic N) is 3. The molecule has 0 saturated heterocycles. The second-order valence-electron chi connectivity index (χ2n) is 6.84. The second-order valence-corrected chi connectivity index (χ2v) is 7.27. The van der Waals surface area contributed by atoms with Gasteiger partial charge in [-0.05, 0) is 51.1 Å². The zero-order valence-corrected chi connectivity index (χ0v) is 15.5. The Hall–Kier alpha value is -2.86. The molecular weight excluding hydrogens is 350 g/mol. The van der Waals surface area contributed by atoms with Gasteiger partial charge in [0.25, 0.3) is 0 Å². The number of hydrogen-bond donors (Lipinski definition) is 3. The number of aromatic hydroxyl groups is 1. The molecule has 0 unspecified atom stereocenters. The van der Waals surface area contributed by atoms with E-state index in [2.05, 4.69) is 25.6 Å². The topological polar surface area (TPSA) is 83.0 Å². The predicted molar refractivity (Wildman–Crippen MR) is 105 cm³/mol. The van der Waals surface area contributed by atoms with Gasteiger partial charge < -0.3 is 15.7 Å². The van der Waals surface area contributed by atoms with Crippen molar-refractivity contribution in [2.45, 2.75) is 26.3 Å². The van der Waals surface area contributed by atoms with Crippen LogP contribution in [0.1, 0.15) is 20.8 Å². The molecule has 2 heterocycles. The lowest BCUT2D eigenvalue weighted by molar-refractivity contribution is 0.477. The van der Waals surface area contributed by atoms with E-state index in [0.29, 0.717) is 28.2 Å². The molecule has 1 aromatic carbocycles. The Balaban J connectivity index is 2.03. The van der Waals surface area contributed by atoms with Crippen LogP contribution in [0.15, 0.2) is 48.7 Å². The average molecular weight is 370 g/mol. The maximum absolute atomic E-state index is 10.0. The highest BCUT2D eigenvalue weighted by molar-refractivity contribution is 6.30. The summed E-state index contributed by atoms with van der Waals surface area (Å²) in [6.45, 7) is 6.08. The van der Waals surface area contributed by atoms with Crippen molar-refractivity contribution in [1.29, 1.82) is 0 Å². The van der Waals surface area contributed by atoms with Gasteiger partial charge in [0.2, 0.25) is 5.95 Å². The summed E-state index contributed by atoms with van der Waals surface area (Å²) in [5, 5.41) is 16.9. The third-order valence-corrected chi connectivity index (χ3v) is 3.60. The van der Waals surface area contributed by atoms with Crippen molar-refractivity contribution in [3.63, 3.8) is 0 Å². The summed E-state index contributed by atoms with van der Waals surface area (Å²) in [5.74, 6) is 1.06. The maximum Gasteiger partial charge on any atom is 0.225 e. The van der Waals surface area contributed by atoms with Gasteiger partial charge in [0.15, 0.2) is 0 Å². The van der Waals surface area contributed by atoms with Gasteiger partial charge >= 0.3 is 0 Å². The lowest BCUT2D eigenvalue weighted by Gasteiger charge is -2.21. The maximum atomic E-state index is 10.0. The molecule has 0 aliphatic rings. The molecule has 0 atom stereocenters. The largest absolute Gasteiger partial charge is 0.506 e. The molecule has 3 rings (SSSR count). The molecule has 0 radical (unpaired) electrons. The normalized spacial score (nSPS) is 11.2. The van der Waals surface area contributed by atoms with Crippen molar-refractivity contribution in [2.75, 3.05) is 10.6 Å². The number of aromatic nitrogens is 3. The Morgan fingerprint density at radius 2 is 1.81 bits per heavy atom. The number of halogens is 1. The zero-order valence-electron chi connectivity index (χ0n) is 14.8. The Morgan fingerprint density at radius 3 is 2.50 bits per heavy atom. The number of hydrogen-bond acceptors (Lipinski definition) is 6. The fourth-order valence-corrected chi connectivity index (χ4v) is 2.47. The molecule has 0 amide bonds. The molecule has 0 aliphatic carbocycles. The lowest BCUT2D eigenvalue weighted by atomic mass is 10.1. The SMILES string of the molecule is CC(C)(C)Nc1nc(Nc2cc(Cl)ccc2O)cc(-c2ccccn2)n1. The number of benzene rings is 1. The first kappa shape index (κ1) is 17.9. The van der Waals surface area contributed by atoms with Crippen LogP contribution in [-0.4, -0.2) is 25.6 Å². The lowest BCUT2D eigenvalue weighted by Crippen LogP contribution is -2.27. The van der Waals surface area contributed by atoms with Crippen molar-refractivity contribution < 1.29 is 5.11 Å². The summed E-state index contributed by atoms with van der Waals surface area (Å²) in [6.07, 6.45) is 1.71. The fraction of sp³-hybridized carbons (Fsp3) is 0.211. The summed E-state index contributed by atoms with van der Waals surface area (Å²) < 4.78 is 0. The van der Waals surface area contributed by atoms with Crippen LogP contribution < -0.4 is 10.6 Å². The van der Waals surface area contributed by atoms with Crippen LogP contribution in [0, 0.1) is 0 Å². The Bertz CT molecular complexity index is 910. The van der Waals surface area contributed by atoms with Gasteiger partial charge in [-0.15, -0.1) is 0 Å². The monoisotopic (exact) mass is 369 g/mol. The third kappa shape index (κ3) is 4.61. The molecule has 0 spiro atoms. The second kappa shape index (κ2) is 7.17. The molecule has 3 N–H and O–H groups in total. The Kier molecular flexibility index (Phi) is 4.95. The number of pyridine rings is 1. The van der Waals surface area contributed by atoms with E-state index in [9.17, 15) is 5.11 Å². The number of phenols is 1. The quantitative estimate of drug-likeness (QED) is 0.570. The van der Waals surface area contributed by atoms with Gasteiger partial charge in [0, 0.05) is 22.8 Å². The van der Waals surface area contributed by atoms with Crippen LogP contribution in [0.3, 0.4) is 0 Å². The minimum absolute atomic E-state index is 0.0812. The van der Waals surface area contributed by atoms with E-state index in [1.54, 1.807) is 24.4 Å². The minimum atomic E-state index is -0.210. The van der Waals surface area contributed by atoms with Gasteiger partial charge in [-0.2, -0.15) is 4.98 Å². The van der Waals surface area contributed by atoms with Gasteiger partial charge in [0.05, 0.1) is 17.1 Å². The Morgan fingerprint density at radius 1 is 1.00 bits per heavy atom. The van der Waals surface area contributed by atoms with Crippen molar-refractivity contribution in [2.24, 2.45) is 0 Å². The number of nitrogens with one attached hydrogen (secondary N) is 2. The molecule has 26 heavy (non-hydrogen) atoms. The highest BCUT2D eigenvalue weighted by Gasteiger charge is 2.15. The standard InChI is InChI=1S/C19H20ClN5O/c1-19(2,3)25-18-23-14(13-6-4-5-9-21-13)11-17(24-18)22-15-10-12(20)7-8-16(15)26/h4-11,26H,1-3H3,(H2,22,23,24,25). The summed E-state index contributed by atoms with van der Waals surface area (Å²) in [6, 6.07) is 12.2. The van der Waals surface area contributed by atoms with Gasteiger partial charge in [0.1, 0.15) is 11.6 Å². The van der Waals surface area contributed by atoms with Crippen LogP contribution in [0.2, 0.25) is 5.02 Å². The van der Waals surface area contributed by atoms with Crippen LogP contribution in [-0.2, 0) is 0 Å². The molecule has 134 valence electrons. The third-order valence-electron chi connectivity index (χ3n) is 3.36. The summed E-state index contributed by atoms with van der Waals surface area (Å²) >= 11 is 6.02. The first-order valence-corrected chi connectivity index (χ1v) is 8.52. The van der Waals surface area contributed by atoms with Crippen LogP contribution in [0.4, 0.5) is 17.5 Å². The highest BCUT2D eigenvalue weighted by atomic mass is 35.5. The average Bonchev–Trinajstić information content (AvgIpc) is 2.57. The Labute approximate surface area is 157 Å². The summed E-state index contributed by atoms with van der Waals surface area (Å²) in [7, 11) is 0. The molecule has 3 aromatic rings. The van der Waals surface area contributed by atoms with E-state index in [4.69, 9.17) is 11.6 Å². The van der Waals surface area contributed by atoms with E-state index < -0.39 is 0 Å². The molecule has 7 heteroatoms. The molecular formula is C19H20ClN5O. The van der Waals surface area contributed by atoms with E-state index in [1.807, 2.05) is 39.0 Å². The van der Waals surface area contributed by atoms with Gasteiger partial charge in [-0.1, -0.05) is 17.7 Å². The number of anilines is 3. The predicted octanol–water partition coefficient (Wildman–Crippen LogP) is 4.85. The first-order chi connectivity index (χ1) is 12.3. The smallest absolute Gasteiger partial charge is 0.225 e. The van der Waals surface area contributed by atoms with Crippen molar-refractivity contribution in [1.82, 2.24) is 15.0 Å². The molecule has 2 aromatic heterocycles.